The molecule has 0 radical (unpaired) electrons. The first-order valence-electron chi connectivity index (χ1n) is 5.90. The molecule has 0 heterocycles. The molecule has 8 heteroatoms. The van der Waals surface area contributed by atoms with Crippen molar-refractivity contribution in [3.63, 3.8) is 0 Å². The number of aliphatic carboxylic acids is 1. The van der Waals surface area contributed by atoms with Crippen LogP contribution in [0.1, 0.15) is 13.8 Å². The first-order valence-corrected chi connectivity index (χ1v) is 5.90. The Labute approximate surface area is 111 Å². The van der Waals surface area contributed by atoms with Crippen LogP contribution in [0.15, 0.2) is 0 Å². The third kappa shape index (κ3) is 7.98. The van der Waals surface area contributed by atoms with Gasteiger partial charge in [-0.2, -0.15) is 0 Å². The minimum atomic E-state index is -1.66. The lowest BCUT2D eigenvalue weighted by molar-refractivity contribution is -0.146. The SMILES string of the molecule is CC(C)CNC(=O)CN(C)C(=O)NCC(O)C(=O)O. The van der Waals surface area contributed by atoms with Gasteiger partial charge < -0.3 is 25.7 Å². The second-order valence-electron chi connectivity index (χ2n) is 4.59. The first kappa shape index (κ1) is 17.2. The summed E-state index contributed by atoms with van der Waals surface area (Å²) < 4.78 is 0. The maximum Gasteiger partial charge on any atom is 0.334 e. The molecule has 0 aliphatic rings. The summed E-state index contributed by atoms with van der Waals surface area (Å²) in [6, 6.07) is -0.625. The van der Waals surface area contributed by atoms with Crippen LogP contribution in [0.3, 0.4) is 0 Å². The fourth-order valence-electron chi connectivity index (χ4n) is 1.07. The number of nitrogens with zero attached hydrogens (tertiary/aromatic N) is 1. The molecule has 0 aromatic heterocycles. The van der Waals surface area contributed by atoms with Crippen molar-refractivity contribution in [2.45, 2.75) is 20.0 Å². The van der Waals surface area contributed by atoms with E-state index in [0.717, 1.165) is 4.90 Å². The summed E-state index contributed by atoms with van der Waals surface area (Å²) in [6.45, 7) is 3.87. The Morgan fingerprint density at radius 1 is 1.16 bits per heavy atom. The molecule has 0 saturated carbocycles. The number of carbonyl (C=O) groups is 3. The van der Waals surface area contributed by atoms with Gasteiger partial charge in [0.2, 0.25) is 5.91 Å². The second kappa shape index (κ2) is 8.30. The number of carbonyl (C=O) groups excluding carboxylic acids is 2. The molecule has 110 valence electrons. The van der Waals surface area contributed by atoms with Crippen molar-refractivity contribution in [3.05, 3.63) is 0 Å². The van der Waals surface area contributed by atoms with E-state index in [4.69, 9.17) is 10.2 Å². The number of nitrogens with one attached hydrogen (secondary N) is 2. The zero-order valence-corrected chi connectivity index (χ0v) is 11.3. The van der Waals surface area contributed by atoms with Gasteiger partial charge >= 0.3 is 12.0 Å². The van der Waals surface area contributed by atoms with Gasteiger partial charge in [-0.1, -0.05) is 13.8 Å². The zero-order chi connectivity index (χ0) is 15.0. The van der Waals surface area contributed by atoms with Crippen LogP contribution in [0.25, 0.3) is 0 Å². The predicted octanol–water partition coefficient (Wildman–Crippen LogP) is -1.15. The van der Waals surface area contributed by atoms with Crippen LogP contribution >= 0.6 is 0 Å². The Morgan fingerprint density at radius 3 is 2.21 bits per heavy atom. The number of carboxylic acid groups (broad SMARTS) is 1. The lowest BCUT2D eigenvalue weighted by atomic mass is 10.2. The van der Waals surface area contributed by atoms with E-state index in [1.54, 1.807) is 0 Å². The molecule has 0 rings (SSSR count). The number of carboxylic acids is 1. The van der Waals surface area contributed by atoms with Gasteiger partial charge in [0, 0.05) is 13.6 Å². The lowest BCUT2D eigenvalue weighted by Gasteiger charge is -2.18. The Bertz CT molecular complexity index is 332. The normalized spacial score (nSPS) is 11.8. The van der Waals surface area contributed by atoms with Crippen LogP contribution < -0.4 is 10.6 Å². The average Bonchev–Trinajstić information content (AvgIpc) is 2.32. The fourth-order valence-corrected chi connectivity index (χ4v) is 1.07. The van der Waals surface area contributed by atoms with Crippen LogP contribution in [0.2, 0.25) is 0 Å². The number of likely N-dealkylation sites (N-methyl/N-ethyl adjacent to an activating group) is 1. The highest BCUT2D eigenvalue weighted by molar-refractivity contribution is 5.84. The first-order chi connectivity index (χ1) is 8.73. The van der Waals surface area contributed by atoms with E-state index in [9.17, 15) is 14.4 Å². The zero-order valence-electron chi connectivity index (χ0n) is 11.3. The van der Waals surface area contributed by atoms with Gasteiger partial charge in [0.05, 0.1) is 6.54 Å². The van der Waals surface area contributed by atoms with E-state index in [1.807, 2.05) is 13.8 Å². The molecule has 0 fully saturated rings. The quantitative estimate of drug-likeness (QED) is 0.467. The maximum absolute atomic E-state index is 11.5. The van der Waals surface area contributed by atoms with Crippen molar-refractivity contribution in [3.8, 4) is 0 Å². The number of hydrogen-bond donors (Lipinski definition) is 4. The molecule has 8 nitrogen and oxygen atoms in total. The maximum atomic E-state index is 11.5. The van der Waals surface area contributed by atoms with Crippen LogP contribution in [0.5, 0.6) is 0 Å². The summed E-state index contributed by atoms with van der Waals surface area (Å²) in [5.74, 6) is -1.41. The molecule has 4 N–H and O–H groups in total. The molecule has 0 bridgehead atoms. The van der Waals surface area contributed by atoms with Gasteiger partial charge in [0.15, 0.2) is 6.10 Å². The molecule has 19 heavy (non-hydrogen) atoms. The number of hydrogen-bond acceptors (Lipinski definition) is 4. The molecule has 0 aromatic carbocycles. The minimum Gasteiger partial charge on any atom is -0.479 e. The number of rotatable bonds is 7. The smallest absolute Gasteiger partial charge is 0.334 e. The highest BCUT2D eigenvalue weighted by atomic mass is 16.4. The van der Waals surface area contributed by atoms with E-state index >= 15 is 0 Å². The largest absolute Gasteiger partial charge is 0.479 e. The summed E-state index contributed by atoms with van der Waals surface area (Å²) in [5, 5.41) is 22.3. The standard InChI is InChI=1S/C11H21N3O5/c1-7(2)4-12-9(16)6-14(3)11(19)13-5-8(15)10(17)18/h7-8,15H,4-6H2,1-3H3,(H,12,16)(H,13,19)(H,17,18). The van der Waals surface area contributed by atoms with Crippen LogP contribution in [0.4, 0.5) is 4.79 Å². The molecule has 0 aliphatic carbocycles. The predicted molar refractivity (Wildman–Crippen MR) is 67.5 cm³/mol. The molecule has 0 aromatic rings. The van der Waals surface area contributed by atoms with E-state index in [2.05, 4.69) is 10.6 Å². The summed E-state index contributed by atoms with van der Waals surface area (Å²) in [7, 11) is 1.40. The molecule has 1 atom stereocenters. The highest BCUT2D eigenvalue weighted by Gasteiger charge is 2.17. The Morgan fingerprint density at radius 2 is 1.74 bits per heavy atom. The number of aliphatic hydroxyl groups is 1. The van der Waals surface area contributed by atoms with Gasteiger partial charge in [-0.3, -0.25) is 4.79 Å². The second-order valence-corrected chi connectivity index (χ2v) is 4.59. The highest BCUT2D eigenvalue weighted by Crippen LogP contribution is 1.89. The van der Waals surface area contributed by atoms with Crippen molar-refractivity contribution in [1.29, 1.82) is 0 Å². The molecule has 3 amide bonds. The van der Waals surface area contributed by atoms with Gasteiger partial charge in [-0.25, -0.2) is 9.59 Å². The molecular formula is C11H21N3O5. The monoisotopic (exact) mass is 275 g/mol. The van der Waals surface area contributed by atoms with Crippen molar-refractivity contribution in [2.75, 3.05) is 26.7 Å². The fraction of sp³-hybridized carbons (Fsp3) is 0.727. The molecule has 1 unspecified atom stereocenters. The number of urea groups is 1. The molecule has 0 aliphatic heterocycles. The topological polar surface area (TPSA) is 119 Å². The number of aliphatic hydroxyl groups excluding tert-OH is 1. The Balaban J connectivity index is 3.99. The Kier molecular flexibility index (Phi) is 7.50. The average molecular weight is 275 g/mol. The minimum absolute atomic E-state index is 0.137. The summed E-state index contributed by atoms with van der Waals surface area (Å²) in [4.78, 5) is 34.3. The lowest BCUT2D eigenvalue weighted by Crippen LogP contribution is -2.46. The summed E-state index contributed by atoms with van der Waals surface area (Å²) in [5.41, 5.74) is 0. The van der Waals surface area contributed by atoms with E-state index < -0.39 is 24.6 Å². The van der Waals surface area contributed by atoms with Gasteiger partial charge in [-0.15, -0.1) is 0 Å². The van der Waals surface area contributed by atoms with Crippen LogP contribution in [0, 0.1) is 5.92 Å². The summed E-state index contributed by atoms with van der Waals surface area (Å²) in [6.07, 6.45) is -1.66. The molecule has 0 saturated heterocycles. The molecule has 0 spiro atoms. The van der Waals surface area contributed by atoms with Gasteiger partial charge in [0.1, 0.15) is 6.54 Å². The van der Waals surface area contributed by atoms with Gasteiger partial charge in [0.25, 0.3) is 0 Å². The van der Waals surface area contributed by atoms with Crippen molar-refractivity contribution < 1.29 is 24.6 Å². The third-order valence-electron chi connectivity index (χ3n) is 2.17. The van der Waals surface area contributed by atoms with Crippen LogP contribution in [-0.4, -0.2) is 65.8 Å². The summed E-state index contributed by atoms with van der Waals surface area (Å²) >= 11 is 0. The van der Waals surface area contributed by atoms with Crippen molar-refractivity contribution in [1.82, 2.24) is 15.5 Å². The third-order valence-corrected chi connectivity index (χ3v) is 2.17. The van der Waals surface area contributed by atoms with E-state index in [0.29, 0.717) is 12.5 Å². The Hall–Kier alpha value is -1.83. The van der Waals surface area contributed by atoms with E-state index in [-0.39, 0.29) is 12.5 Å². The van der Waals surface area contributed by atoms with Gasteiger partial charge in [-0.05, 0) is 5.92 Å². The van der Waals surface area contributed by atoms with Crippen molar-refractivity contribution in [2.24, 2.45) is 5.92 Å². The van der Waals surface area contributed by atoms with Crippen molar-refractivity contribution >= 4 is 17.9 Å². The molecular weight excluding hydrogens is 254 g/mol. The van der Waals surface area contributed by atoms with E-state index in [1.165, 1.54) is 7.05 Å². The number of amides is 3. The van der Waals surface area contributed by atoms with Crippen LogP contribution in [-0.2, 0) is 9.59 Å².